The molecule has 2 nitrogen and oxygen atoms in total. The lowest BCUT2D eigenvalue weighted by atomic mass is 10.1. The zero-order valence-electron chi connectivity index (χ0n) is 8.12. The quantitative estimate of drug-likeness (QED) is 0.757. The number of nitriles is 1. The van der Waals surface area contributed by atoms with E-state index >= 15 is 0 Å². The van der Waals surface area contributed by atoms with Crippen molar-refractivity contribution in [3.63, 3.8) is 0 Å². The molecular weight excluding hydrogens is 301 g/mol. The van der Waals surface area contributed by atoms with Gasteiger partial charge in [-0.2, -0.15) is 5.26 Å². The fourth-order valence-corrected chi connectivity index (χ4v) is 2.34. The van der Waals surface area contributed by atoms with Gasteiger partial charge in [0.05, 0.1) is 16.2 Å². The Morgan fingerprint density at radius 3 is 2.73 bits per heavy atom. The van der Waals surface area contributed by atoms with Crippen LogP contribution in [0.2, 0.25) is 0 Å². The largest absolute Gasteiger partial charge is 0.496 e. The van der Waals surface area contributed by atoms with Crippen molar-refractivity contribution >= 4 is 33.4 Å². The van der Waals surface area contributed by atoms with Gasteiger partial charge in [0.2, 0.25) is 0 Å². The van der Waals surface area contributed by atoms with Crippen molar-refractivity contribution in [2.45, 2.75) is 0 Å². The summed E-state index contributed by atoms with van der Waals surface area (Å²) in [6, 6.07) is 12.0. The second-order valence-electron chi connectivity index (χ2n) is 3.10. The van der Waals surface area contributed by atoms with Crippen LogP contribution in [0.4, 0.5) is 0 Å². The summed E-state index contributed by atoms with van der Waals surface area (Å²) >= 11 is 2.14. The number of rotatable bonds is 1. The summed E-state index contributed by atoms with van der Waals surface area (Å²) in [5, 5.41) is 11.1. The average Bonchev–Trinajstić information content (AvgIpc) is 2.28. The molecule has 2 aromatic carbocycles. The smallest absolute Gasteiger partial charge is 0.134 e. The Kier molecular flexibility index (Phi) is 2.78. The summed E-state index contributed by atoms with van der Waals surface area (Å²) in [5.74, 6) is 0.755. The van der Waals surface area contributed by atoms with Crippen molar-refractivity contribution in [1.29, 1.82) is 5.26 Å². The molecule has 0 N–H and O–H groups in total. The van der Waals surface area contributed by atoms with Crippen LogP contribution in [0.25, 0.3) is 10.8 Å². The fraction of sp³-hybridized carbons (Fsp3) is 0.0833. The van der Waals surface area contributed by atoms with Crippen molar-refractivity contribution in [3.8, 4) is 11.8 Å². The number of ether oxygens (including phenoxy) is 1. The number of halogens is 1. The molecule has 2 rings (SSSR count). The normalized spacial score (nSPS) is 9.93. The number of fused-ring (bicyclic) bond motifs is 1. The van der Waals surface area contributed by atoms with Gasteiger partial charge in [0.1, 0.15) is 11.8 Å². The maximum atomic E-state index is 9.13. The molecule has 3 heteroatoms. The summed E-state index contributed by atoms with van der Waals surface area (Å²) < 4.78 is 6.11. The average molecular weight is 309 g/mol. The Morgan fingerprint density at radius 2 is 2.07 bits per heavy atom. The van der Waals surface area contributed by atoms with E-state index in [-0.39, 0.29) is 0 Å². The van der Waals surface area contributed by atoms with Crippen molar-refractivity contribution < 1.29 is 4.74 Å². The number of methoxy groups -OCH3 is 1. The molecule has 0 aromatic heterocycles. The van der Waals surface area contributed by atoms with Crippen LogP contribution in [-0.4, -0.2) is 7.11 Å². The molecule has 0 saturated carbocycles. The van der Waals surface area contributed by atoms with Crippen molar-refractivity contribution in [3.05, 3.63) is 39.5 Å². The first-order valence-electron chi connectivity index (χ1n) is 4.43. The van der Waals surface area contributed by atoms with E-state index in [1.807, 2.05) is 30.3 Å². The highest BCUT2D eigenvalue weighted by Crippen LogP contribution is 2.31. The minimum atomic E-state index is 0.686. The first kappa shape index (κ1) is 10.2. The summed E-state index contributed by atoms with van der Waals surface area (Å²) in [6.45, 7) is 0. The zero-order chi connectivity index (χ0) is 10.8. The summed E-state index contributed by atoms with van der Waals surface area (Å²) in [4.78, 5) is 0. The molecule has 0 heterocycles. The predicted molar refractivity (Wildman–Crippen MR) is 67.9 cm³/mol. The first-order chi connectivity index (χ1) is 7.27. The van der Waals surface area contributed by atoms with Gasteiger partial charge in [-0.1, -0.05) is 24.3 Å². The summed E-state index contributed by atoms with van der Waals surface area (Å²) in [6.07, 6.45) is 0. The van der Waals surface area contributed by atoms with Gasteiger partial charge in [0, 0.05) is 5.39 Å². The lowest BCUT2D eigenvalue weighted by Gasteiger charge is -2.08. The molecule has 0 bridgehead atoms. The molecular formula is C12H8INO. The van der Waals surface area contributed by atoms with Crippen LogP contribution in [0.15, 0.2) is 30.3 Å². The van der Waals surface area contributed by atoms with Gasteiger partial charge in [-0.15, -0.1) is 0 Å². The van der Waals surface area contributed by atoms with E-state index in [2.05, 4.69) is 28.7 Å². The van der Waals surface area contributed by atoms with Gasteiger partial charge >= 0.3 is 0 Å². The third-order valence-electron chi connectivity index (χ3n) is 2.28. The van der Waals surface area contributed by atoms with Crippen molar-refractivity contribution in [2.24, 2.45) is 0 Å². The maximum Gasteiger partial charge on any atom is 0.134 e. The Labute approximate surface area is 102 Å². The molecule has 0 atom stereocenters. The Balaban J connectivity index is 2.91. The molecule has 0 spiro atoms. The van der Waals surface area contributed by atoms with Gasteiger partial charge in [-0.3, -0.25) is 0 Å². The molecule has 2 aromatic rings. The van der Waals surface area contributed by atoms with Crippen LogP contribution in [0, 0.1) is 14.9 Å². The van der Waals surface area contributed by atoms with Crippen LogP contribution in [0.1, 0.15) is 5.56 Å². The molecule has 0 amide bonds. The Hall–Kier alpha value is -1.28. The van der Waals surface area contributed by atoms with Crippen molar-refractivity contribution in [1.82, 2.24) is 0 Å². The molecule has 0 radical (unpaired) electrons. The van der Waals surface area contributed by atoms with Gasteiger partial charge < -0.3 is 4.74 Å². The minimum absolute atomic E-state index is 0.686. The molecule has 0 aliphatic heterocycles. The first-order valence-corrected chi connectivity index (χ1v) is 5.51. The Bertz CT molecular complexity index is 557. The van der Waals surface area contributed by atoms with E-state index in [1.165, 1.54) is 0 Å². The van der Waals surface area contributed by atoms with E-state index in [1.54, 1.807) is 7.11 Å². The van der Waals surface area contributed by atoms with Crippen LogP contribution < -0.4 is 4.74 Å². The fourth-order valence-electron chi connectivity index (χ4n) is 1.55. The van der Waals surface area contributed by atoms with Crippen LogP contribution in [0.3, 0.4) is 0 Å². The van der Waals surface area contributed by atoms with E-state index < -0.39 is 0 Å². The number of hydrogen-bond acceptors (Lipinski definition) is 2. The van der Waals surface area contributed by atoms with Gasteiger partial charge in [0.15, 0.2) is 0 Å². The van der Waals surface area contributed by atoms with E-state index in [0.29, 0.717) is 5.56 Å². The topological polar surface area (TPSA) is 33.0 Å². The zero-order valence-corrected chi connectivity index (χ0v) is 10.3. The molecule has 0 saturated heterocycles. The third kappa shape index (κ3) is 1.65. The summed E-state index contributed by atoms with van der Waals surface area (Å²) in [5.41, 5.74) is 0.686. The monoisotopic (exact) mass is 309 g/mol. The standard InChI is InChI=1S/C12H8INO/c1-15-11-6-8-4-2-3-5-9(8)10(7-14)12(11)13/h2-6H,1H3. The van der Waals surface area contributed by atoms with Crippen LogP contribution >= 0.6 is 22.6 Å². The van der Waals surface area contributed by atoms with Gasteiger partial charge in [0.25, 0.3) is 0 Å². The van der Waals surface area contributed by atoms with Crippen molar-refractivity contribution in [2.75, 3.05) is 7.11 Å². The van der Waals surface area contributed by atoms with E-state index in [0.717, 1.165) is 20.1 Å². The lowest BCUT2D eigenvalue weighted by molar-refractivity contribution is 0.412. The summed E-state index contributed by atoms with van der Waals surface area (Å²) in [7, 11) is 1.62. The minimum Gasteiger partial charge on any atom is -0.496 e. The van der Waals surface area contributed by atoms with Gasteiger partial charge in [-0.05, 0) is 34.0 Å². The highest BCUT2D eigenvalue weighted by atomic mass is 127. The van der Waals surface area contributed by atoms with E-state index in [4.69, 9.17) is 10.00 Å². The highest BCUT2D eigenvalue weighted by molar-refractivity contribution is 14.1. The Morgan fingerprint density at radius 1 is 1.33 bits per heavy atom. The molecule has 15 heavy (non-hydrogen) atoms. The highest BCUT2D eigenvalue weighted by Gasteiger charge is 2.10. The molecule has 0 aliphatic rings. The second-order valence-corrected chi connectivity index (χ2v) is 4.18. The predicted octanol–water partition coefficient (Wildman–Crippen LogP) is 3.32. The lowest BCUT2D eigenvalue weighted by Crippen LogP contribution is -1.92. The molecule has 0 aliphatic carbocycles. The van der Waals surface area contributed by atoms with Gasteiger partial charge in [-0.25, -0.2) is 0 Å². The number of nitrogens with zero attached hydrogens (tertiary/aromatic N) is 1. The number of hydrogen-bond donors (Lipinski definition) is 0. The third-order valence-corrected chi connectivity index (χ3v) is 3.36. The number of benzene rings is 2. The molecule has 74 valence electrons. The van der Waals surface area contributed by atoms with E-state index in [9.17, 15) is 0 Å². The second kappa shape index (κ2) is 4.07. The SMILES string of the molecule is COc1cc2ccccc2c(C#N)c1I. The van der Waals surface area contributed by atoms with Crippen LogP contribution in [-0.2, 0) is 0 Å². The van der Waals surface area contributed by atoms with Crippen LogP contribution in [0.5, 0.6) is 5.75 Å². The molecule has 0 fully saturated rings. The molecule has 0 unspecified atom stereocenters. The maximum absolute atomic E-state index is 9.13.